The molecular formula is C8H8BrN3. The maximum Gasteiger partial charge on any atom is 0.115 e. The van der Waals surface area contributed by atoms with Gasteiger partial charge in [0.2, 0.25) is 0 Å². The lowest BCUT2D eigenvalue weighted by molar-refractivity contribution is 0.907. The summed E-state index contributed by atoms with van der Waals surface area (Å²) in [5, 5.41) is 9.34. The second kappa shape index (κ2) is 4.17. The normalized spacial score (nSPS) is 12.1. The minimum absolute atomic E-state index is 0.174. The third kappa shape index (κ3) is 2.02. The van der Waals surface area contributed by atoms with Gasteiger partial charge >= 0.3 is 0 Å². The molecule has 0 amide bonds. The number of nitriles is 1. The molecule has 1 heterocycles. The highest BCUT2D eigenvalue weighted by atomic mass is 79.9. The van der Waals surface area contributed by atoms with Crippen LogP contribution in [-0.4, -0.2) is 15.3 Å². The van der Waals surface area contributed by atoms with Crippen LogP contribution >= 0.6 is 15.9 Å². The van der Waals surface area contributed by atoms with Gasteiger partial charge in [0.1, 0.15) is 6.33 Å². The van der Waals surface area contributed by atoms with Gasteiger partial charge in [0.15, 0.2) is 0 Å². The molecule has 0 aromatic carbocycles. The molecule has 1 aromatic rings. The first-order valence-corrected chi connectivity index (χ1v) is 4.64. The van der Waals surface area contributed by atoms with E-state index in [1.165, 1.54) is 6.33 Å². The van der Waals surface area contributed by atoms with Crippen molar-refractivity contribution in [2.75, 3.05) is 5.33 Å². The van der Waals surface area contributed by atoms with Gasteiger partial charge in [-0.1, -0.05) is 15.9 Å². The number of rotatable bonds is 2. The van der Waals surface area contributed by atoms with Gasteiger partial charge < -0.3 is 0 Å². The van der Waals surface area contributed by atoms with Crippen molar-refractivity contribution in [3.05, 3.63) is 23.8 Å². The molecule has 1 unspecified atom stereocenters. The first-order chi connectivity index (χ1) is 5.77. The average Bonchev–Trinajstić information content (AvgIpc) is 2.07. The van der Waals surface area contributed by atoms with Gasteiger partial charge in [-0.15, -0.1) is 0 Å². The SMILES string of the molecule is Cc1cc(C(C#N)CBr)ncn1. The van der Waals surface area contributed by atoms with E-state index < -0.39 is 0 Å². The minimum Gasteiger partial charge on any atom is -0.242 e. The van der Waals surface area contributed by atoms with E-state index in [-0.39, 0.29) is 5.92 Å². The molecule has 0 bridgehead atoms. The predicted octanol–water partition coefficient (Wildman–Crippen LogP) is 1.79. The third-order valence-electron chi connectivity index (χ3n) is 1.49. The van der Waals surface area contributed by atoms with E-state index in [1.54, 1.807) is 0 Å². The fraction of sp³-hybridized carbons (Fsp3) is 0.375. The molecule has 62 valence electrons. The van der Waals surface area contributed by atoms with Crippen LogP contribution in [0.1, 0.15) is 17.3 Å². The van der Waals surface area contributed by atoms with Crippen LogP contribution in [0.2, 0.25) is 0 Å². The lowest BCUT2D eigenvalue weighted by Gasteiger charge is -2.03. The molecular weight excluding hydrogens is 218 g/mol. The first kappa shape index (κ1) is 9.14. The molecule has 1 rings (SSSR count). The fourth-order valence-electron chi connectivity index (χ4n) is 0.845. The number of alkyl halides is 1. The highest BCUT2D eigenvalue weighted by molar-refractivity contribution is 9.09. The average molecular weight is 226 g/mol. The fourth-order valence-corrected chi connectivity index (χ4v) is 1.32. The molecule has 1 atom stereocenters. The van der Waals surface area contributed by atoms with Gasteiger partial charge in [-0.3, -0.25) is 0 Å². The van der Waals surface area contributed by atoms with Crippen molar-refractivity contribution in [3.63, 3.8) is 0 Å². The number of nitrogens with zero attached hydrogens (tertiary/aromatic N) is 3. The predicted molar refractivity (Wildman–Crippen MR) is 48.9 cm³/mol. The van der Waals surface area contributed by atoms with Gasteiger partial charge in [-0.2, -0.15) is 5.26 Å². The van der Waals surface area contributed by atoms with Crippen molar-refractivity contribution < 1.29 is 0 Å². The standard InChI is InChI=1S/C8H8BrN3/c1-6-2-8(12-5-11-6)7(3-9)4-10/h2,5,7H,3H2,1H3. The Morgan fingerprint density at radius 1 is 1.67 bits per heavy atom. The summed E-state index contributed by atoms with van der Waals surface area (Å²) in [6.45, 7) is 1.88. The summed E-state index contributed by atoms with van der Waals surface area (Å²) in [5.74, 6) is -0.174. The van der Waals surface area contributed by atoms with Crippen LogP contribution < -0.4 is 0 Å². The Bertz CT molecular complexity index is 305. The monoisotopic (exact) mass is 225 g/mol. The third-order valence-corrected chi connectivity index (χ3v) is 2.14. The Labute approximate surface area is 79.6 Å². The maximum absolute atomic E-state index is 8.73. The highest BCUT2D eigenvalue weighted by Crippen LogP contribution is 2.14. The van der Waals surface area contributed by atoms with Crippen LogP contribution in [-0.2, 0) is 0 Å². The maximum atomic E-state index is 8.73. The molecule has 0 saturated heterocycles. The second-order valence-corrected chi connectivity index (χ2v) is 3.07. The molecule has 0 aliphatic rings. The van der Waals surface area contributed by atoms with E-state index in [1.807, 2.05) is 13.0 Å². The lowest BCUT2D eigenvalue weighted by Crippen LogP contribution is -2.01. The summed E-state index contributed by atoms with van der Waals surface area (Å²) in [6.07, 6.45) is 1.48. The Balaban J connectivity index is 2.95. The van der Waals surface area contributed by atoms with Crippen LogP contribution in [0.4, 0.5) is 0 Å². The minimum atomic E-state index is -0.174. The molecule has 4 heteroatoms. The summed E-state index contributed by atoms with van der Waals surface area (Å²) in [7, 11) is 0. The van der Waals surface area contributed by atoms with Gasteiger partial charge in [-0.05, 0) is 13.0 Å². The summed E-state index contributed by atoms with van der Waals surface area (Å²) in [4.78, 5) is 7.97. The molecule has 0 aliphatic heterocycles. The van der Waals surface area contributed by atoms with Gasteiger partial charge in [-0.25, -0.2) is 9.97 Å². The van der Waals surface area contributed by atoms with Crippen LogP contribution in [0.25, 0.3) is 0 Å². The zero-order valence-electron chi connectivity index (χ0n) is 6.66. The molecule has 0 saturated carbocycles. The Kier molecular flexibility index (Phi) is 3.18. The van der Waals surface area contributed by atoms with Crippen molar-refractivity contribution in [2.24, 2.45) is 0 Å². The summed E-state index contributed by atoms with van der Waals surface area (Å²) < 4.78 is 0. The van der Waals surface area contributed by atoms with Crippen LogP contribution in [0.5, 0.6) is 0 Å². The second-order valence-electron chi connectivity index (χ2n) is 2.42. The first-order valence-electron chi connectivity index (χ1n) is 3.52. The zero-order valence-corrected chi connectivity index (χ0v) is 8.24. The number of aryl methyl sites for hydroxylation is 1. The van der Waals surface area contributed by atoms with Crippen molar-refractivity contribution in [2.45, 2.75) is 12.8 Å². The Hall–Kier alpha value is -0.950. The molecule has 0 radical (unpaired) electrons. The van der Waals surface area contributed by atoms with Crippen molar-refractivity contribution in [3.8, 4) is 6.07 Å². The van der Waals surface area contributed by atoms with Gasteiger partial charge in [0.05, 0.1) is 17.7 Å². The summed E-state index contributed by atoms with van der Waals surface area (Å²) in [5.41, 5.74) is 1.67. The largest absolute Gasteiger partial charge is 0.242 e. The van der Waals surface area contributed by atoms with Gasteiger partial charge in [0.25, 0.3) is 0 Å². The van der Waals surface area contributed by atoms with Crippen molar-refractivity contribution >= 4 is 15.9 Å². The van der Waals surface area contributed by atoms with Crippen LogP contribution in [0.3, 0.4) is 0 Å². The van der Waals surface area contributed by atoms with E-state index in [0.29, 0.717) is 5.33 Å². The highest BCUT2D eigenvalue weighted by Gasteiger charge is 2.09. The van der Waals surface area contributed by atoms with E-state index in [4.69, 9.17) is 5.26 Å². The summed E-state index contributed by atoms with van der Waals surface area (Å²) >= 11 is 3.25. The van der Waals surface area contributed by atoms with Crippen molar-refractivity contribution in [1.29, 1.82) is 5.26 Å². The topological polar surface area (TPSA) is 49.6 Å². The lowest BCUT2D eigenvalue weighted by atomic mass is 10.1. The van der Waals surface area contributed by atoms with E-state index in [2.05, 4.69) is 32.0 Å². The molecule has 12 heavy (non-hydrogen) atoms. The van der Waals surface area contributed by atoms with E-state index in [9.17, 15) is 0 Å². The zero-order chi connectivity index (χ0) is 8.97. The summed E-state index contributed by atoms with van der Waals surface area (Å²) in [6, 6.07) is 3.99. The molecule has 0 spiro atoms. The van der Waals surface area contributed by atoms with Crippen LogP contribution in [0.15, 0.2) is 12.4 Å². The number of hydrogen-bond acceptors (Lipinski definition) is 3. The molecule has 3 nitrogen and oxygen atoms in total. The smallest absolute Gasteiger partial charge is 0.115 e. The molecule has 0 fully saturated rings. The number of hydrogen-bond donors (Lipinski definition) is 0. The molecule has 0 N–H and O–H groups in total. The van der Waals surface area contributed by atoms with E-state index >= 15 is 0 Å². The van der Waals surface area contributed by atoms with Gasteiger partial charge in [0, 0.05) is 11.0 Å². The number of aromatic nitrogens is 2. The van der Waals surface area contributed by atoms with Crippen LogP contribution in [0, 0.1) is 18.3 Å². The molecule has 1 aromatic heterocycles. The van der Waals surface area contributed by atoms with E-state index in [0.717, 1.165) is 11.4 Å². The molecule has 0 aliphatic carbocycles. The van der Waals surface area contributed by atoms with Crippen molar-refractivity contribution in [1.82, 2.24) is 9.97 Å². The quantitative estimate of drug-likeness (QED) is 0.722. The Morgan fingerprint density at radius 3 is 2.92 bits per heavy atom. The Morgan fingerprint density at radius 2 is 2.42 bits per heavy atom. The number of halogens is 1.